The van der Waals surface area contributed by atoms with Gasteiger partial charge in [-0.15, -0.1) is 0 Å². The molecular formula is C17H13ClF2N4O3. The fourth-order valence-corrected chi connectivity index (χ4v) is 2.73. The zero-order valence-corrected chi connectivity index (χ0v) is 14.7. The van der Waals surface area contributed by atoms with Crippen molar-refractivity contribution in [1.29, 1.82) is 0 Å². The topological polar surface area (TPSA) is 91.4 Å². The number of halogens is 3. The highest BCUT2D eigenvalue weighted by atomic mass is 35.5. The number of anilines is 1. The van der Waals surface area contributed by atoms with Crippen LogP contribution in [0.25, 0.3) is 0 Å². The van der Waals surface area contributed by atoms with Crippen molar-refractivity contribution in [3.8, 4) is 0 Å². The van der Waals surface area contributed by atoms with Gasteiger partial charge in [0.2, 0.25) is 5.91 Å². The van der Waals surface area contributed by atoms with E-state index in [2.05, 4.69) is 15.6 Å². The maximum absolute atomic E-state index is 13.5. The first-order valence-electron chi connectivity index (χ1n) is 7.72. The number of imide groups is 1. The number of rotatable bonds is 4. The lowest BCUT2D eigenvalue weighted by molar-refractivity contribution is -0.133. The number of urea groups is 1. The molecule has 1 saturated heterocycles. The second kappa shape index (κ2) is 6.92. The Morgan fingerprint density at radius 2 is 2.00 bits per heavy atom. The molecule has 27 heavy (non-hydrogen) atoms. The van der Waals surface area contributed by atoms with Crippen LogP contribution in [0, 0.1) is 11.6 Å². The first-order chi connectivity index (χ1) is 12.7. The van der Waals surface area contributed by atoms with Crippen molar-refractivity contribution in [2.45, 2.75) is 12.5 Å². The second-order valence-electron chi connectivity index (χ2n) is 5.99. The van der Waals surface area contributed by atoms with E-state index in [0.29, 0.717) is 9.92 Å². The molecule has 140 valence electrons. The lowest BCUT2D eigenvalue weighted by atomic mass is 9.92. The summed E-state index contributed by atoms with van der Waals surface area (Å²) in [6, 6.07) is 5.02. The molecule has 1 unspecified atom stereocenters. The number of hydrogen-bond donors (Lipinski definition) is 2. The lowest BCUT2D eigenvalue weighted by Crippen LogP contribution is -2.42. The molecule has 0 saturated carbocycles. The van der Waals surface area contributed by atoms with Crippen LogP contribution < -0.4 is 10.6 Å². The molecule has 1 atom stereocenters. The summed E-state index contributed by atoms with van der Waals surface area (Å²) in [4.78, 5) is 41.5. The van der Waals surface area contributed by atoms with Gasteiger partial charge < -0.3 is 10.6 Å². The maximum Gasteiger partial charge on any atom is 0.325 e. The summed E-state index contributed by atoms with van der Waals surface area (Å²) in [7, 11) is 0. The predicted molar refractivity (Wildman–Crippen MR) is 91.8 cm³/mol. The molecular weight excluding hydrogens is 382 g/mol. The Morgan fingerprint density at radius 1 is 1.26 bits per heavy atom. The van der Waals surface area contributed by atoms with E-state index in [0.717, 1.165) is 12.1 Å². The van der Waals surface area contributed by atoms with E-state index >= 15 is 0 Å². The van der Waals surface area contributed by atoms with Crippen LogP contribution in [0.1, 0.15) is 12.5 Å². The van der Waals surface area contributed by atoms with Crippen LogP contribution in [0.3, 0.4) is 0 Å². The van der Waals surface area contributed by atoms with Gasteiger partial charge >= 0.3 is 6.03 Å². The van der Waals surface area contributed by atoms with Gasteiger partial charge in [-0.25, -0.2) is 18.6 Å². The maximum atomic E-state index is 13.5. The first-order valence-corrected chi connectivity index (χ1v) is 8.09. The van der Waals surface area contributed by atoms with Gasteiger partial charge in [0.15, 0.2) is 11.6 Å². The fraction of sp³-hybridized carbons (Fsp3) is 0.176. The van der Waals surface area contributed by atoms with E-state index in [1.807, 2.05) is 0 Å². The molecule has 1 aliphatic rings. The summed E-state index contributed by atoms with van der Waals surface area (Å²) in [6.07, 6.45) is 1.32. The molecule has 0 radical (unpaired) electrons. The Hall–Kier alpha value is -3.07. The SMILES string of the molecule is CC1(c2ccc(F)c(F)c2)NC(=O)N(CC(=O)Nc2ccc(Cl)cn2)C1=O. The van der Waals surface area contributed by atoms with Crippen LogP contribution in [0.2, 0.25) is 5.02 Å². The highest BCUT2D eigenvalue weighted by Gasteiger charge is 2.49. The number of pyridine rings is 1. The van der Waals surface area contributed by atoms with Gasteiger partial charge in [-0.1, -0.05) is 17.7 Å². The third-order valence-electron chi connectivity index (χ3n) is 4.07. The normalized spacial score (nSPS) is 19.2. The van der Waals surface area contributed by atoms with Gasteiger partial charge in [0.1, 0.15) is 17.9 Å². The van der Waals surface area contributed by atoms with Crippen molar-refractivity contribution in [1.82, 2.24) is 15.2 Å². The molecule has 1 fully saturated rings. The third kappa shape index (κ3) is 3.59. The number of carbonyl (C=O) groups is 3. The second-order valence-corrected chi connectivity index (χ2v) is 6.42. The molecule has 0 spiro atoms. The molecule has 1 aromatic carbocycles. The molecule has 1 aliphatic heterocycles. The van der Waals surface area contributed by atoms with E-state index in [1.165, 1.54) is 31.3 Å². The van der Waals surface area contributed by atoms with E-state index in [1.54, 1.807) is 0 Å². The summed E-state index contributed by atoms with van der Waals surface area (Å²) in [5.74, 6) is -3.47. The number of hydrogen-bond acceptors (Lipinski definition) is 4. The minimum atomic E-state index is -1.62. The van der Waals surface area contributed by atoms with Crippen LogP contribution in [0.15, 0.2) is 36.5 Å². The van der Waals surface area contributed by atoms with Crippen LogP contribution >= 0.6 is 11.6 Å². The van der Waals surface area contributed by atoms with E-state index in [-0.39, 0.29) is 11.4 Å². The lowest BCUT2D eigenvalue weighted by Gasteiger charge is -2.22. The highest BCUT2D eigenvalue weighted by Crippen LogP contribution is 2.29. The van der Waals surface area contributed by atoms with Crippen molar-refractivity contribution in [2.75, 3.05) is 11.9 Å². The van der Waals surface area contributed by atoms with Crippen molar-refractivity contribution in [3.63, 3.8) is 0 Å². The minimum Gasteiger partial charge on any atom is -0.319 e. The smallest absolute Gasteiger partial charge is 0.319 e. The Balaban J connectivity index is 1.76. The molecule has 1 aromatic heterocycles. The molecule has 4 amide bonds. The molecule has 0 bridgehead atoms. The van der Waals surface area contributed by atoms with Gasteiger partial charge in [0.05, 0.1) is 5.02 Å². The molecule has 10 heteroatoms. The van der Waals surface area contributed by atoms with Crippen LogP contribution in [0.4, 0.5) is 19.4 Å². The number of benzene rings is 1. The zero-order valence-electron chi connectivity index (χ0n) is 13.9. The Labute approximate surface area is 157 Å². The van der Waals surface area contributed by atoms with Crippen LogP contribution in [-0.4, -0.2) is 34.3 Å². The van der Waals surface area contributed by atoms with Crippen molar-refractivity contribution in [2.24, 2.45) is 0 Å². The molecule has 7 nitrogen and oxygen atoms in total. The van der Waals surface area contributed by atoms with Crippen LogP contribution in [0.5, 0.6) is 0 Å². The minimum absolute atomic E-state index is 0.0574. The summed E-state index contributed by atoms with van der Waals surface area (Å²) < 4.78 is 26.7. The van der Waals surface area contributed by atoms with E-state index in [4.69, 9.17) is 11.6 Å². The number of amides is 4. The molecule has 2 aromatic rings. The standard InChI is InChI=1S/C17H13ClF2N4O3/c1-17(9-2-4-11(19)12(20)6-9)15(26)24(16(27)23-17)8-14(25)22-13-5-3-10(18)7-21-13/h2-7H,8H2,1H3,(H,23,27)(H,21,22,25). The van der Waals surface area contributed by atoms with E-state index in [9.17, 15) is 23.2 Å². The quantitative estimate of drug-likeness (QED) is 0.779. The first kappa shape index (κ1) is 18.7. The molecule has 2 heterocycles. The molecule has 2 N–H and O–H groups in total. The zero-order chi connectivity index (χ0) is 19.8. The van der Waals surface area contributed by atoms with Crippen molar-refractivity contribution in [3.05, 3.63) is 58.7 Å². The van der Waals surface area contributed by atoms with Gasteiger partial charge in [-0.05, 0) is 36.8 Å². The summed E-state index contributed by atoms with van der Waals surface area (Å²) in [5, 5.41) is 5.21. The number of aromatic nitrogens is 1. The Kier molecular flexibility index (Phi) is 4.79. The van der Waals surface area contributed by atoms with Gasteiger partial charge in [0, 0.05) is 6.20 Å². The molecule has 0 aliphatic carbocycles. The average molecular weight is 395 g/mol. The third-order valence-corrected chi connectivity index (χ3v) is 4.29. The molecule has 3 rings (SSSR count). The highest BCUT2D eigenvalue weighted by molar-refractivity contribution is 6.30. The number of carbonyl (C=O) groups excluding carboxylic acids is 3. The summed E-state index contributed by atoms with van der Waals surface area (Å²) >= 11 is 5.70. The predicted octanol–water partition coefficient (Wildman–Crippen LogP) is 2.42. The Bertz CT molecular complexity index is 938. The Morgan fingerprint density at radius 3 is 2.63 bits per heavy atom. The number of nitrogens with zero attached hydrogens (tertiary/aromatic N) is 2. The van der Waals surface area contributed by atoms with E-state index < -0.39 is 41.6 Å². The van der Waals surface area contributed by atoms with Crippen molar-refractivity contribution < 1.29 is 23.2 Å². The van der Waals surface area contributed by atoms with Gasteiger partial charge in [0.25, 0.3) is 5.91 Å². The monoisotopic (exact) mass is 394 g/mol. The average Bonchev–Trinajstić information content (AvgIpc) is 2.83. The van der Waals surface area contributed by atoms with Crippen molar-refractivity contribution >= 4 is 35.3 Å². The van der Waals surface area contributed by atoms with Crippen LogP contribution in [-0.2, 0) is 15.1 Å². The van der Waals surface area contributed by atoms with Gasteiger partial charge in [-0.2, -0.15) is 0 Å². The fourth-order valence-electron chi connectivity index (χ4n) is 2.62. The summed E-state index contributed by atoms with van der Waals surface area (Å²) in [5.41, 5.74) is -1.56. The summed E-state index contributed by atoms with van der Waals surface area (Å²) in [6.45, 7) is 0.771. The largest absolute Gasteiger partial charge is 0.325 e. The van der Waals surface area contributed by atoms with Gasteiger partial charge in [-0.3, -0.25) is 14.5 Å². The number of nitrogens with one attached hydrogen (secondary N) is 2.